The maximum atomic E-state index is 11.5. The van der Waals surface area contributed by atoms with Gasteiger partial charge in [-0.2, -0.15) is 0 Å². The van der Waals surface area contributed by atoms with Crippen molar-refractivity contribution in [3.63, 3.8) is 0 Å². The third kappa shape index (κ3) is 8.36. The second kappa shape index (κ2) is 11.3. The molecule has 0 aromatic heterocycles. The molecule has 1 rings (SSSR count). The van der Waals surface area contributed by atoms with Crippen molar-refractivity contribution in [3.8, 4) is 5.75 Å². The highest BCUT2D eigenvalue weighted by atomic mass is 31.2. The first-order chi connectivity index (χ1) is 11.5. The quantitative estimate of drug-likeness (QED) is 0.291. The molecule has 1 aromatic rings. The third-order valence-electron chi connectivity index (χ3n) is 2.49. The fraction of sp³-hybridized carbons (Fsp3) is 0.235. The predicted molar refractivity (Wildman–Crippen MR) is 95.9 cm³/mol. The molecule has 0 saturated carbocycles. The summed E-state index contributed by atoms with van der Waals surface area (Å²) in [6, 6.07) is 9.17. The van der Waals surface area contributed by atoms with Gasteiger partial charge < -0.3 is 19.5 Å². The summed E-state index contributed by atoms with van der Waals surface area (Å²) >= 11 is 0. The number of benzene rings is 1. The van der Waals surface area contributed by atoms with Gasteiger partial charge in [-0.05, 0) is 44.2 Å². The van der Waals surface area contributed by atoms with E-state index in [-0.39, 0.29) is 12.5 Å². The van der Waals surface area contributed by atoms with E-state index in [1.54, 1.807) is 38.1 Å². The summed E-state index contributed by atoms with van der Waals surface area (Å²) in [7, 11) is -1.62. The summed E-state index contributed by atoms with van der Waals surface area (Å²) in [5.74, 6) is 0.708. The Hall–Kier alpha value is -2.30. The van der Waals surface area contributed by atoms with Crippen molar-refractivity contribution >= 4 is 14.5 Å². The molecule has 0 fully saturated rings. The molecule has 6 nitrogen and oxygen atoms in total. The Labute approximate surface area is 143 Å². The molecule has 0 saturated heterocycles. The molecule has 0 spiro atoms. The number of carbonyl (C=O) groups excluding carboxylic acids is 1. The molecule has 0 aliphatic carbocycles. The lowest BCUT2D eigenvalue weighted by atomic mass is 10.3. The van der Waals surface area contributed by atoms with Gasteiger partial charge in [-0.15, -0.1) is 0 Å². The van der Waals surface area contributed by atoms with Crippen LogP contribution in [0.1, 0.15) is 13.8 Å². The lowest BCUT2D eigenvalue weighted by Gasteiger charge is -2.19. The molecule has 3 N–H and O–H groups in total. The van der Waals surface area contributed by atoms with E-state index in [0.717, 1.165) is 0 Å². The van der Waals surface area contributed by atoms with Gasteiger partial charge in [0.1, 0.15) is 18.1 Å². The number of carbonyl (C=O) groups is 1. The highest BCUT2D eigenvalue weighted by Gasteiger charge is 2.17. The molecular formula is C17H23N2O4P. The van der Waals surface area contributed by atoms with Crippen LogP contribution >= 0.6 is 8.53 Å². The molecule has 24 heavy (non-hydrogen) atoms. The van der Waals surface area contributed by atoms with Crippen molar-refractivity contribution in [3.05, 3.63) is 66.6 Å². The molecule has 0 amide bonds. The van der Waals surface area contributed by atoms with Crippen molar-refractivity contribution in [2.45, 2.75) is 13.8 Å². The Balaban J connectivity index is 2.79. The number of nitrogens with two attached hydrogens (primary N) is 1. The number of ether oxygens (including phenoxy) is 1. The van der Waals surface area contributed by atoms with Gasteiger partial charge in [-0.1, -0.05) is 24.8 Å². The van der Waals surface area contributed by atoms with Gasteiger partial charge >= 0.3 is 14.5 Å². The average Bonchev–Trinajstić information content (AvgIpc) is 2.57. The van der Waals surface area contributed by atoms with Crippen LogP contribution in [0.5, 0.6) is 5.75 Å². The number of esters is 1. The van der Waals surface area contributed by atoms with Crippen LogP contribution in [0.3, 0.4) is 0 Å². The monoisotopic (exact) mass is 350 g/mol. The summed E-state index contributed by atoms with van der Waals surface area (Å²) in [6.45, 7) is 7.50. The van der Waals surface area contributed by atoms with E-state index < -0.39 is 8.53 Å². The average molecular weight is 350 g/mol. The Morgan fingerprint density at radius 3 is 2.62 bits per heavy atom. The Kier molecular flexibility index (Phi) is 9.27. The van der Waals surface area contributed by atoms with Crippen LogP contribution in [-0.2, 0) is 14.1 Å². The number of allylic oxidation sites excluding steroid dienone is 4. The van der Waals surface area contributed by atoms with Crippen molar-refractivity contribution < 1.29 is 18.6 Å². The Morgan fingerprint density at radius 1 is 1.33 bits per heavy atom. The van der Waals surface area contributed by atoms with E-state index >= 15 is 0 Å². The van der Waals surface area contributed by atoms with E-state index in [0.29, 0.717) is 23.8 Å². The SMILES string of the molecule is C=C/C(=C\C=C(/C)N)O[P@@](NCC(=O)OCC)Oc1ccccc1. The molecule has 0 aliphatic heterocycles. The highest BCUT2D eigenvalue weighted by Crippen LogP contribution is 2.37. The van der Waals surface area contributed by atoms with Crippen molar-refractivity contribution in [1.82, 2.24) is 5.09 Å². The minimum absolute atomic E-state index is 0.0252. The summed E-state index contributed by atoms with van der Waals surface area (Å²) in [4.78, 5) is 11.5. The zero-order valence-electron chi connectivity index (χ0n) is 13.9. The molecule has 0 heterocycles. The number of hydrogen-bond donors (Lipinski definition) is 2. The molecule has 1 atom stereocenters. The highest BCUT2D eigenvalue weighted by molar-refractivity contribution is 7.45. The summed E-state index contributed by atoms with van der Waals surface area (Å²) in [6.07, 6.45) is 4.91. The van der Waals surface area contributed by atoms with E-state index in [1.807, 2.05) is 18.2 Å². The topological polar surface area (TPSA) is 82.8 Å². The zero-order chi connectivity index (χ0) is 17.8. The first-order valence-corrected chi connectivity index (χ1v) is 8.59. The minimum atomic E-state index is -1.62. The largest absolute Gasteiger partial charge is 0.465 e. The van der Waals surface area contributed by atoms with E-state index in [1.165, 1.54) is 6.08 Å². The maximum Gasteiger partial charge on any atom is 0.382 e. The number of hydrogen-bond acceptors (Lipinski definition) is 6. The van der Waals surface area contributed by atoms with Crippen LogP contribution in [0.4, 0.5) is 0 Å². The van der Waals surface area contributed by atoms with E-state index in [9.17, 15) is 4.79 Å². The Bertz CT molecular complexity index is 584. The van der Waals surface area contributed by atoms with Gasteiger partial charge in [-0.3, -0.25) is 4.79 Å². The lowest BCUT2D eigenvalue weighted by Crippen LogP contribution is -2.23. The number of nitrogens with one attached hydrogen (secondary N) is 1. The fourth-order valence-electron chi connectivity index (χ4n) is 1.45. The molecule has 0 unspecified atom stereocenters. The number of rotatable bonds is 10. The van der Waals surface area contributed by atoms with Crippen molar-refractivity contribution in [2.24, 2.45) is 5.73 Å². The fourth-order valence-corrected chi connectivity index (χ4v) is 2.51. The van der Waals surface area contributed by atoms with Crippen LogP contribution in [-0.4, -0.2) is 19.1 Å². The van der Waals surface area contributed by atoms with Gasteiger partial charge in [0, 0.05) is 5.70 Å². The zero-order valence-corrected chi connectivity index (χ0v) is 14.8. The van der Waals surface area contributed by atoms with Crippen LogP contribution in [0.2, 0.25) is 0 Å². The van der Waals surface area contributed by atoms with Gasteiger partial charge in [0.25, 0.3) is 0 Å². The minimum Gasteiger partial charge on any atom is -0.465 e. The molecule has 0 radical (unpaired) electrons. The molecule has 7 heteroatoms. The second-order valence-corrected chi connectivity index (χ2v) is 5.77. The maximum absolute atomic E-state index is 11.5. The lowest BCUT2D eigenvalue weighted by molar-refractivity contribution is -0.141. The first-order valence-electron chi connectivity index (χ1n) is 7.42. The predicted octanol–water partition coefficient (Wildman–Crippen LogP) is 3.39. The van der Waals surface area contributed by atoms with Crippen LogP contribution in [0.25, 0.3) is 0 Å². The molecule has 0 aliphatic rings. The second-order valence-electron chi connectivity index (χ2n) is 4.58. The van der Waals surface area contributed by atoms with Gasteiger partial charge in [0.15, 0.2) is 0 Å². The Morgan fingerprint density at radius 2 is 2.04 bits per heavy atom. The molecule has 1 aromatic carbocycles. The number of para-hydroxylation sites is 1. The van der Waals surface area contributed by atoms with Gasteiger partial charge in [0.05, 0.1) is 6.61 Å². The first kappa shape index (κ1) is 19.7. The van der Waals surface area contributed by atoms with Crippen molar-refractivity contribution in [1.29, 1.82) is 0 Å². The smallest absolute Gasteiger partial charge is 0.382 e. The summed E-state index contributed by atoms with van der Waals surface area (Å²) in [5, 5.41) is 2.91. The van der Waals surface area contributed by atoms with Crippen molar-refractivity contribution in [2.75, 3.05) is 13.2 Å². The summed E-state index contributed by atoms with van der Waals surface area (Å²) < 4.78 is 16.4. The normalized spacial score (nSPS) is 13.1. The summed E-state index contributed by atoms with van der Waals surface area (Å²) in [5.41, 5.74) is 6.24. The van der Waals surface area contributed by atoms with Crippen LogP contribution < -0.4 is 15.3 Å². The molecule has 130 valence electrons. The van der Waals surface area contributed by atoms with E-state index in [4.69, 9.17) is 19.5 Å². The van der Waals surface area contributed by atoms with E-state index in [2.05, 4.69) is 11.7 Å². The third-order valence-corrected chi connectivity index (χ3v) is 3.66. The molecule has 0 bridgehead atoms. The standard InChI is InChI=1S/C17H23N2O4P/c1-4-15(12-11-14(3)18)22-24(19-13-17(20)21-5-2)23-16-9-7-6-8-10-16/h4,6-12,19H,1,5,13,18H2,2-3H3/b14-11+,15-12+/t24-/m1/s1. The van der Waals surface area contributed by atoms with Gasteiger partial charge in [-0.25, -0.2) is 5.09 Å². The van der Waals surface area contributed by atoms with Gasteiger partial charge in [0.2, 0.25) is 0 Å². The van der Waals surface area contributed by atoms with Crippen LogP contribution in [0.15, 0.2) is 66.6 Å². The molecular weight excluding hydrogens is 327 g/mol. The van der Waals surface area contributed by atoms with Crippen LogP contribution in [0, 0.1) is 0 Å².